The highest BCUT2D eigenvalue weighted by atomic mass is 32.1. The molecule has 0 bridgehead atoms. The van der Waals surface area contributed by atoms with Crippen molar-refractivity contribution in [3.05, 3.63) is 70.2 Å². The Bertz CT molecular complexity index is 937. The molecule has 1 aromatic carbocycles. The zero-order valence-electron chi connectivity index (χ0n) is 14.7. The Labute approximate surface area is 160 Å². The maximum Gasteiger partial charge on any atom is 0.261 e. The minimum absolute atomic E-state index is 0.159. The number of imidazole rings is 1. The second-order valence-corrected chi connectivity index (χ2v) is 6.84. The Kier molecular flexibility index (Phi) is 5.97. The van der Waals surface area contributed by atoms with Crippen LogP contribution in [0.25, 0.3) is 5.69 Å². The molecule has 0 spiro atoms. The summed E-state index contributed by atoms with van der Waals surface area (Å²) in [6.07, 6.45) is 3.46. The highest BCUT2D eigenvalue weighted by molar-refractivity contribution is 7.12. The van der Waals surface area contributed by atoms with Gasteiger partial charge >= 0.3 is 0 Å². The molecule has 0 fully saturated rings. The molecule has 0 saturated carbocycles. The normalized spacial score (nSPS) is 10.6. The van der Waals surface area contributed by atoms with Crippen molar-refractivity contribution in [2.45, 2.75) is 19.9 Å². The lowest BCUT2D eigenvalue weighted by molar-refractivity contribution is -0.121. The van der Waals surface area contributed by atoms with Gasteiger partial charge in [-0.25, -0.2) is 9.37 Å². The molecule has 0 unspecified atom stereocenters. The lowest BCUT2D eigenvalue weighted by Gasteiger charge is -2.10. The number of benzene rings is 1. The maximum absolute atomic E-state index is 14.3. The van der Waals surface area contributed by atoms with Gasteiger partial charge in [0.25, 0.3) is 5.91 Å². The van der Waals surface area contributed by atoms with Gasteiger partial charge in [0.1, 0.15) is 11.6 Å². The van der Waals surface area contributed by atoms with E-state index in [1.807, 2.05) is 5.38 Å². The molecule has 2 amide bonds. The number of amides is 2. The van der Waals surface area contributed by atoms with Crippen molar-refractivity contribution in [2.24, 2.45) is 0 Å². The molecule has 2 N–H and O–H groups in total. The van der Waals surface area contributed by atoms with E-state index in [-0.39, 0.29) is 37.1 Å². The number of thiophene rings is 1. The molecular formula is C19H19FN4O2S. The van der Waals surface area contributed by atoms with Crippen LogP contribution in [0.15, 0.2) is 48.1 Å². The monoisotopic (exact) mass is 386 g/mol. The Morgan fingerprint density at radius 1 is 1.26 bits per heavy atom. The summed E-state index contributed by atoms with van der Waals surface area (Å²) in [4.78, 5) is 28.4. The number of halogens is 1. The van der Waals surface area contributed by atoms with Gasteiger partial charge < -0.3 is 15.2 Å². The lowest BCUT2D eigenvalue weighted by atomic mass is 10.2. The van der Waals surface area contributed by atoms with Crippen LogP contribution in [0, 0.1) is 12.7 Å². The van der Waals surface area contributed by atoms with E-state index >= 15 is 0 Å². The van der Waals surface area contributed by atoms with E-state index in [2.05, 4.69) is 15.6 Å². The third-order valence-corrected chi connectivity index (χ3v) is 4.84. The first kappa shape index (κ1) is 18.8. The van der Waals surface area contributed by atoms with Crippen LogP contribution in [0.5, 0.6) is 0 Å². The number of aromatic nitrogens is 2. The summed E-state index contributed by atoms with van der Waals surface area (Å²) in [5.41, 5.74) is 1.07. The smallest absolute Gasteiger partial charge is 0.261 e. The number of hydrogen-bond acceptors (Lipinski definition) is 4. The number of nitrogens with one attached hydrogen (secondary N) is 2. The molecule has 0 atom stereocenters. The summed E-state index contributed by atoms with van der Waals surface area (Å²) in [5, 5.41) is 7.24. The zero-order chi connectivity index (χ0) is 19.2. The fraction of sp³-hybridized carbons (Fsp3) is 0.211. The molecule has 2 heterocycles. The molecule has 3 rings (SSSR count). The molecule has 3 aromatic rings. The minimum Gasteiger partial charge on any atom is -0.352 e. The van der Waals surface area contributed by atoms with Crippen LogP contribution >= 0.6 is 11.3 Å². The SMILES string of the molecule is Cc1nccn1-c1ccc(CNC(=O)CCNC(=O)c2cccs2)cc1F. The molecule has 6 nitrogen and oxygen atoms in total. The largest absolute Gasteiger partial charge is 0.352 e. The summed E-state index contributed by atoms with van der Waals surface area (Å²) in [7, 11) is 0. The van der Waals surface area contributed by atoms with Crippen molar-refractivity contribution in [1.29, 1.82) is 0 Å². The molecule has 27 heavy (non-hydrogen) atoms. The highest BCUT2D eigenvalue weighted by Crippen LogP contribution is 2.16. The third kappa shape index (κ3) is 4.79. The van der Waals surface area contributed by atoms with Crippen LogP contribution in [0.1, 0.15) is 27.5 Å². The van der Waals surface area contributed by atoms with Crippen LogP contribution in [-0.2, 0) is 11.3 Å². The molecule has 0 aliphatic carbocycles. The summed E-state index contributed by atoms with van der Waals surface area (Å²) in [6, 6.07) is 8.34. The van der Waals surface area contributed by atoms with Crippen molar-refractivity contribution < 1.29 is 14.0 Å². The predicted molar refractivity (Wildman–Crippen MR) is 101 cm³/mol. The van der Waals surface area contributed by atoms with E-state index in [0.29, 0.717) is 22.0 Å². The fourth-order valence-corrected chi connectivity index (χ4v) is 3.20. The molecule has 0 aliphatic rings. The molecular weight excluding hydrogens is 367 g/mol. The number of carbonyl (C=O) groups excluding carboxylic acids is 2. The van der Waals surface area contributed by atoms with Gasteiger partial charge in [0, 0.05) is 31.9 Å². The van der Waals surface area contributed by atoms with E-state index in [4.69, 9.17) is 0 Å². The lowest BCUT2D eigenvalue weighted by Crippen LogP contribution is -2.30. The number of aryl methyl sites for hydroxylation is 1. The van der Waals surface area contributed by atoms with Crippen LogP contribution in [0.3, 0.4) is 0 Å². The summed E-state index contributed by atoms with van der Waals surface area (Å²) in [5.74, 6) is -0.0905. The fourth-order valence-electron chi connectivity index (χ4n) is 2.56. The van der Waals surface area contributed by atoms with Gasteiger partial charge in [-0.3, -0.25) is 9.59 Å². The summed E-state index contributed by atoms with van der Waals surface area (Å²) < 4.78 is 16.0. The van der Waals surface area contributed by atoms with Gasteiger partial charge in [0.2, 0.25) is 5.91 Å². The van der Waals surface area contributed by atoms with Gasteiger partial charge in [-0.15, -0.1) is 11.3 Å². The van der Waals surface area contributed by atoms with E-state index in [1.54, 1.807) is 48.1 Å². The number of hydrogen-bond donors (Lipinski definition) is 2. The van der Waals surface area contributed by atoms with E-state index in [9.17, 15) is 14.0 Å². The Balaban J connectivity index is 1.47. The Hall–Kier alpha value is -3.00. The number of carbonyl (C=O) groups is 2. The van der Waals surface area contributed by atoms with Crippen molar-refractivity contribution in [3.8, 4) is 5.69 Å². The second kappa shape index (κ2) is 8.59. The first-order valence-corrected chi connectivity index (χ1v) is 9.29. The number of rotatable bonds is 7. The molecule has 0 aliphatic heterocycles. The quantitative estimate of drug-likeness (QED) is 0.656. The first-order chi connectivity index (χ1) is 13.0. The van der Waals surface area contributed by atoms with Gasteiger partial charge in [-0.1, -0.05) is 12.1 Å². The van der Waals surface area contributed by atoms with Crippen molar-refractivity contribution in [2.75, 3.05) is 6.54 Å². The van der Waals surface area contributed by atoms with Gasteiger partial charge in [0.05, 0.1) is 10.6 Å². The van der Waals surface area contributed by atoms with Crippen LogP contribution in [-0.4, -0.2) is 27.9 Å². The standard InChI is InChI=1S/C19H19FN4O2S/c1-13-21-8-9-24(13)16-5-4-14(11-15(16)20)12-23-18(25)6-7-22-19(26)17-3-2-10-27-17/h2-5,8-11H,6-7,12H2,1H3,(H,22,26)(H,23,25). The summed E-state index contributed by atoms with van der Waals surface area (Å²) in [6.45, 7) is 2.26. The maximum atomic E-state index is 14.3. The van der Waals surface area contributed by atoms with E-state index in [1.165, 1.54) is 17.4 Å². The summed E-state index contributed by atoms with van der Waals surface area (Å²) >= 11 is 1.35. The van der Waals surface area contributed by atoms with Gasteiger partial charge in [0.15, 0.2) is 0 Å². The minimum atomic E-state index is -0.383. The molecule has 8 heteroatoms. The average molecular weight is 386 g/mol. The van der Waals surface area contributed by atoms with Crippen LogP contribution in [0.4, 0.5) is 4.39 Å². The van der Waals surface area contributed by atoms with E-state index < -0.39 is 0 Å². The highest BCUT2D eigenvalue weighted by Gasteiger charge is 2.10. The average Bonchev–Trinajstić information content (AvgIpc) is 3.32. The molecule has 2 aromatic heterocycles. The van der Waals surface area contributed by atoms with Crippen molar-refractivity contribution in [1.82, 2.24) is 20.2 Å². The number of nitrogens with zero attached hydrogens (tertiary/aromatic N) is 2. The zero-order valence-corrected chi connectivity index (χ0v) is 15.6. The molecule has 0 saturated heterocycles. The Morgan fingerprint density at radius 3 is 2.78 bits per heavy atom. The molecule has 0 radical (unpaired) electrons. The first-order valence-electron chi connectivity index (χ1n) is 8.42. The van der Waals surface area contributed by atoms with Crippen LogP contribution in [0.2, 0.25) is 0 Å². The van der Waals surface area contributed by atoms with Crippen molar-refractivity contribution >= 4 is 23.2 Å². The second-order valence-electron chi connectivity index (χ2n) is 5.89. The van der Waals surface area contributed by atoms with Crippen molar-refractivity contribution in [3.63, 3.8) is 0 Å². The van der Waals surface area contributed by atoms with Gasteiger partial charge in [-0.05, 0) is 36.1 Å². The topological polar surface area (TPSA) is 76.0 Å². The predicted octanol–water partition coefficient (Wildman–Crippen LogP) is 2.82. The molecule has 140 valence electrons. The van der Waals surface area contributed by atoms with E-state index in [0.717, 1.165) is 0 Å². The third-order valence-electron chi connectivity index (χ3n) is 3.97. The Morgan fingerprint density at radius 2 is 2.11 bits per heavy atom. The van der Waals surface area contributed by atoms with Crippen LogP contribution < -0.4 is 10.6 Å². The van der Waals surface area contributed by atoms with Gasteiger partial charge in [-0.2, -0.15) is 0 Å².